The Bertz CT molecular complexity index is 3080. The second kappa shape index (κ2) is 25.4. The molecule has 8 N–H and O–H groups in total. The van der Waals surface area contributed by atoms with Crippen LogP contribution in [0, 0.1) is 51.3 Å². The highest BCUT2D eigenvalue weighted by Crippen LogP contribution is 2.32. The molecule has 0 atom stereocenters. The lowest BCUT2D eigenvalue weighted by Gasteiger charge is -2.36. The van der Waals surface area contributed by atoms with Crippen molar-refractivity contribution in [2.24, 2.45) is 10.8 Å². The molecule has 0 saturated carbocycles. The lowest BCUT2D eigenvalue weighted by Crippen LogP contribution is -2.48. The Kier molecular flexibility index (Phi) is 17.6. The van der Waals surface area contributed by atoms with Crippen molar-refractivity contribution in [2.45, 2.75) is 0 Å². The normalized spacial score (nSPS) is 11.3. The maximum absolute atomic E-state index is 11.6. The zero-order chi connectivity index (χ0) is 57.5. The summed E-state index contributed by atoms with van der Waals surface area (Å²) in [6, 6.07) is 34.7. The van der Waals surface area contributed by atoms with Gasteiger partial charge in [-0.15, -0.1) is 0 Å². The predicted octanol–water partition coefficient (Wildman–Crippen LogP) is 7.12. The SMILES string of the molecule is Nc1nc(N)nc(-c2ccc(OCC(COCC(COc3ccc(-c4nc(N)nc(N)n4)cc3)(COc3ccc([N+](=O)[O-])cc3)COc3ccc([N+](=O)[O-])cc3)(COc3ccc([N+](=O)[O-])cc3)COc3ccc([N+](=O)[O-])cc3)cc2)n1. The summed E-state index contributed by atoms with van der Waals surface area (Å²) < 4.78 is 45.1. The fourth-order valence-electron chi connectivity index (χ4n) is 7.54. The highest BCUT2D eigenvalue weighted by molar-refractivity contribution is 5.59. The number of ether oxygens (including phenoxy) is 7. The van der Waals surface area contributed by atoms with Crippen LogP contribution in [0.1, 0.15) is 0 Å². The monoisotopic (exact) mass is 1110 g/mol. The molecule has 0 saturated heterocycles. The number of anilines is 4. The lowest BCUT2D eigenvalue weighted by atomic mass is 9.90. The molecular formula is C52H48N14O15. The third-order valence-electron chi connectivity index (χ3n) is 11.8. The van der Waals surface area contributed by atoms with Gasteiger partial charge in [0.05, 0.1) is 43.7 Å². The standard InChI is InChI=1S/C52H48N14O15/c53-47-57-45(58-48(54)61-47)33-1-13-39(14-2-33)76-27-51(29-78-41-17-5-35(6-18-41)63(67)68,30-79-42-19-7-36(8-20-42)64(69)70)25-75-26-52(31-80-43-21-9-37(10-22-43)65(71)72,32-81-44-23-11-38(12-24-44)66(73)74)28-77-40-15-3-34(4-16-40)46-59-49(55)62-50(56)60-46/h1-24H,25-32H2,(H4,53,54,57,58,61)(H4,55,56,59,60,62). The summed E-state index contributed by atoms with van der Waals surface area (Å²) in [6.07, 6.45) is 0. The Labute approximate surface area is 458 Å². The van der Waals surface area contributed by atoms with Crippen LogP contribution in [-0.2, 0) is 4.74 Å². The smallest absolute Gasteiger partial charge is 0.269 e. The van der Waals surface area contributed by atoms with Gasteiger partial charge in [-0.3, -0.25) is 40.5 Å². The molecule has 29 heteroatoms. The number of nitro benzene ring substituents is 4. The third kappa shape index (κ3) is 15.5. The summed E-state index contributed by atoms with van der Waals surface area (Å²) in [4.78, 5) is 68.3. The number of nitrogens with two attached hydrogens (primary N) is 4. The van der Waals surface area contributed by atoms with Gasteiger partial charge in [0.1, 0.15) is 74.1 Å². The number of hydrogen-bond acceptors (Lipinski definition) is 25. The molecule has 81 heavy (non-hydrogen) atoms. The Morgan fingerprint density at radius 3 is 0.704 bits per heavy atom. The van der Waals surface area contributed by atoms with Gasteiger partial charge in [0.15, 0.2) is 11.6 Å². The van der Waals surface area contributed by atoms with E-state index in [1.54, 1.807) is 48.5 Å². The summed E-state index contributed by atoms with van der Waals surface area (Å²) >= 11 is 0. The maximum Gasteiger partial charge on any atom is 0.269 e. The summed E-state index contributed by atoms with van der Waals surface area (Å²) in [5, 5.41) is 46.3. The van der Waals surface area contributed by atoms with E-state index in [0.29, 0.717) is 22.6 Å². The van der Waals surface area contributed by atoms with E-state index >= 15 is 0 Å². The number of aromatic nitrogens is 6. The van der Waals surface area contributed by atoms with Crippen molar-refractivity contribution in [3.8, 4) is 57.3 Å². The molecule has 2 aromatic heterocycles. The van der Waals surface area contributed by atoms with Crippen molar-refractivity contribution < 1.29 is 52.9 Å². The van der Waals surface area contributed by atoms with Crippen LogP contribution in [0.5, 0.6) is 34.5 Å². The van der Waals surface area contributed by atoms with Gasteiger partial charge < -0.3 is 56.1 Å². The first kappa shape index (κ1) is 56.1. The molecule has 0 radical (unpaired) electrons. The van der Waals surface area contributed by atoms with E-state index in [9.17, 15) is 40.5 Å². The summed E-state index contributed by atoms with van der Waals surface area (Å²) in [7, 11) is 0. The van der Waals surface area contributed by atoms with E-state index in [2.05, 4.69) is 29.9 Å². The van der Waals surface area contributed by atoms with E-state index in [4.69, 9.17) is 56.1 Å². The van der Waals surface area contributed by atoms with Gasteiger partial charge in [0.2, 0.25) is 23.8 Å². The number of rotatable bonds is 28. The molecule has 8 aromatic rings. The number of non-ortho nitro benzene ring substituents is 4. The van der Waals surface area contributed by atoms with Crippen molar-refractivity contribution in [3.05, 3.63) is 186 Å². The van der Waals surface area contributed by atoms with Gasteiger partial charge in [-0.05, 0) is 97.1 Å². The molecule has 0 spiro atoms. The van der Waals surface area contributed by atoms with Crippen molar-refractivity contribution in [2.75, 3.05) is 75.8 Å². The Morgan fingerprint density at radius 1 is 0.309 bits per heavy atom. The molecule has 0 amide bonds. The number of benzene rings is 6. The zero-order valence-corrected chi connectivity index (χ0v) is 42.4. The van der Waals surface area contributed by atoms with Crippen LogP contribution in [0.3, 0.4) is 0 Å². The lowest BCUT2D eigenvalue weighted by molar-refractivity contribution is -0.385. The van der Waals surface area contributed by atoms with Crippen molar-refractivity contribution in [1.82, 2.24) is 29.9 Å². The molecule has 2 heterocycles. The minimum Gasteiger partial charge on any atom is -0.493 e. The van der Waals surface area contributed by atoms with Crippen LogP contribution >= 0.6 is 0 Å². The minimum atomic E-state index is -1.35. The summed E-state index contributed by atoms with van der Waals surface area (Å²) in [5.41, 5.74) is 20.9. The zero-order valence-electron chi connectivity index (χ0n) is 42.4. The van der Waals surface area contributed by atoms with Crippen molar-refractivity contribution >= 4 is 46.5 Å². The molecular weight excluding hydrogens is 1060 g/mol. The van der Waals surface area contributed by atoms with Gasteiger partial charge in [0.25, 0.3) is 22.7 Å². The molecule has 0 fully saturated rings. The minimum absolute atomic E-state index is 0.0844. The second-order valence-electron chi connectivity index (χ2n) is 18.0. The fourth-order valence-corrected chi connectivity index (χ4v) is 7.54. The molecule has 0 bridgehead atoms. The predicted molar refractivity (Wildman–Crippen MR) is 289 cm³/mol. The fraction of sp³-hybridized carbons (Fsp3) is 0.192. The quantitative estimate of drug-likeness (QED) is 0.0280. The number of nitrogens with zero attached hydrogens (tertiary/aromatic N) is 10. The average Bonchev–Trinajstić information content (AvgIpc) is 3.47. The first-order valence-electron chi connectivity index (χ1n) is 24.0. The number of hydrogen-bond donors (Lipinski definition) is 4. The highest BCUT2D eigenvalue weighted by atomic mass is 16.6. The van der Waals surface area contributed by atoms with Gasteiger partial charge in [-0.2, -0.15) is 29.9 Å². The summed E-state index contributed by atoms with van der Waals surface area (Å²) in [5.74, 6) is 1.66. The second-order valence-corrected chi connectivity index (χ2v) is 18.0. The maximum atomic E-state index is 11.6. The largest absolute Gasteiger partial charge is 0.493 e. The van der Waals surface area contributed by atoms with Gasteiger partial charge in [-0.1, -0.05) is 0 Å². The Morgan fingerprint density at radius 2 is 0.506 bits per heavy atom. The van der Waals surface area contributed by atoms with Crippen LogP contribution in [0.2, 0.25) is 0 Å². The first-order valence-corrected chi connectivity index (χ1v) is 24.0. The van der Waals surface area contributed by atoms with Crippen LogP contribution in [0.15, 0.2) is 146 Å². The Hall–Kier alpha value is -11.1. The van der Waals surface area contributed by atoms with Crippen LogP contribution in [-0.4, -0.2) is 102 Å². The topological polar surface area (TPSA) is 419 Å². The molecule has 416 valence electrons. The van der Waals surface area contributed by atoms with Gasteiger partial charge in [0, 0.05) is 59.7 Å². The van der Waals surface area contributed by atoms with Crippen LogP contribution in [0.4, 0.5) is 46.5 Å². The molecule has 8 rings (SSSR count). The molecule has 6 aromatic carbocycles. The Balaban J connectivity index is 1.15. The number of nitrogen functional groups attached to an aromatic ring is 4. The average molecular weight is 1110 g/mol. The van der Waals surface area contributed by atoms with E-state index in [-0.39, 0.29) is 134 Å². The van der Waals surface area contributed by atoms with Crippen molar-refractivity contribution in [1.29, 1.82) is 0 Å². The molecule has 0 unspecified atom stereocenters. The van der Waals surface area contributed by atoms with Crippen molar-refractivity contribution in [3.63, 3.8) is 0 Å². The molecule has 29 nitrogen and oxygen atoms in total. The van der Waals surface area contributed by atoms with Crippen LogP contribution in [0.25, 0.3) is 22.8 Å². The molecule has 0 aliphatic carbocycles. The van der Waals surface area contributed by atoms with E-state index in [1.165, 1.54) is 97.1 Å². The van der Waals surface area contributed by atoms with Gasteiger partial charge in [-0.25, -0.2) is 0 Å². The van der Waals surface area contributed by atoms with E-state index in [1.807, 2.05) is 0 Å². The van der Waals surface area contributed by atoms with Gasteiger partial charge >= 0.3 is 0 Å². The van der Waals surface area contributed by atoms with E-state index in [0.717, 1.165) is 0 Å². The first-order chi connectivity index (χ1) is 38.9. The third-order valence-corrected chi connectivity index (χ3v) is 11.8. The highest BCUT2D eigenvalue weighted by Gasteiger charge is 2.40. The van der Waals surface area contributed by atoms with Crippen LogP contribution < -0.4 is 51.4 Å². The van der Waals surface area contributed by atoms with E-state index < -0.39 is 30.5 Å². The molecule has 0 aliphatic rings. The number of nitro groups is 4. The molecule has 0 aliphatic heterocycles. The summed E-state index contributed by atoms with van der Waals surface area (Å²) in [6.45, 7) is -1.94.